The van der Waals surface area contributed by atoms with Gasteiger partial charge in [0.2, 0.25) is 0 Å². The largest absolute Gasteiger partial charge is 0.410 e. The second kappa shape index (κ2) is 5.39. The maximum Gasteiger partial charge on any atom is 0.172 e. The molecule has 0 N–H and O–H groups in total. The Kier molecular flexibility index (Phi) is 4.19. The molecule has 0 amide bonds. The van der Waals surface area contributed by atoms with E-state index in [4.69, 9.17) is 9.16 Å². The molecule has 3 heteroatoms. The zero-order valence-corrected chi connectivity index (χ0v) is 13.9. The SMILES string of the molecule is C[SiH](C)OC(CC1CO1)(c1ccccc1)C(C)(C)C. The highest BCUT2D eigenvalue weighted by atomic mass is 28.3. The molecule has 2 rings (SSSR count). The predicted molar refractivity (Wildman–Crippen MR) is 81.9 cm³/mol. The van der Waals surface area contributed by atoms with Crippen molar-refractivity contribution in [1.82, 2.24) is 0 Å². The van der Waals surface area contributed by atoms with Crippen molar-refractivity contribution in [3.05, 3.63) is 35.9 Å². The Hall–Kier alpha value is -0.643. The van der Waals surface area contributed by atoms with Crippen LogP contribution >= 0.6 is 0 Å². The fraction of sp³-hybridized carbons (Fsp3) is 0.625. The van der Waals surface area contributed by atoms with Crippen LogP contribution in [0.5, 0.6) is 0 Å². The van der Waals surface area contributed by atoms with Crippen LogP contribution in [0.15, 0.2) is 30.3 Å². The Labute approximate surface area is 118 Å². The molecule has 0 spiro atoms. The standard InChI is InChI=1S/C16H26O2Si/c1-15(2,3)16(18-19(4)5,11-14-12-17-14)13-9-7-6-8-10-13/h6-10,14,19H,11-12H2,1-5H3. The van der Waals surface area contributed by atoms with Crippen molar-refractivity contribution in [2.75, 3.05) is 6.61 Å². The topological polar surface area (TPSA) is 21.8 Å². The highest BCUT2D eigenvalue weighted by molar-refractivity contribution is 6.48. The first kappa shape index (κ1) is 14.8. The number of hydrogen-bond donors (Lipinski definition) is 0. The van der Waals surface area contributed by atoms with Gasteiger partial charge in [-0.2, -0.15) is 0 Å². The third kappa shape index (κ3) is 3.27. The molecule has 1 fully saturated rings. The van der Waals surface area contributed by atoms with E-state index in [-0.39, 0.29) is 11.0 Å². The van der Waals surface area contributed by atoms with Gasteiger partial charge in [-0.3, -0.25) is 0 Å². The smallest absolute Gasteiger partial charge is 0.172 e. The summed E-state index contributed by atoms with van der Waals surface area (Å²) in [4.78, 5) is 0. The van der Waals surface area contributed by atoms with Gasteiger partial charge in [-0.15, -0.1) is 0 Å². The molecular weight excluding hydrogens is 252 g/mol. The Morgan fingerprint density at radius 3 is 2.21 bits per heavy atom. The average molecular weight is 278 g/mol. The van der Waals surface area contributed by atoms with Gasteiger partial charge in [0.05, 0.1) is 18.3 Å². The lowest BCUT2D eigenvalue weighted by atomic mass is 9.70. The highest BCUT2D eigenvalue weighted by Gasteiger charge is 2.48. The van der Waals surface area contributed by atoms with E-state index >= 15 is 0 Å². The van der Waals surface area contributed by atoms with Crippen LogP contribution in [0.2, 0.25) is 13.1 Å². The van der Waals surface area contributed by atoms with E-state index in [1.165, 1.54) is 5.56 Å². The summed E-state index contributed by atoms with van der Waals surface area (Å²) in [6.07, 6.45) is 1.33. The highest BCUT2D eigenvalue weighted by Crippen LogP contribution is 2.48. The molecule has 1 heterocycles. The first-order valence-electron chi connectivity index (χ1n) is 7.20. The summed E-state index contributed by atoms with van der Waals surface area (Å²) in [5.74, 6) is 0. The van der Waals surface area contributed by atoms with E-state index in [0.717, 1.165) is 13.0 Å². The lowest BCUT2D eigenvalue weighted by Gasteiger charge is -2.46. The van der Waals surface area contributed by atoms with E-state index in [1.54, 1.807) is 0 Å². The maximum absolute atomic E-state index is 6.60. The van der Waals surface area contributed by atoms with Crippen molar-refractivity contribution >= 4 is 9.04 Å². The molecule has 19 heavy (non-hydrogen) atoms. The summed E-state index contributed by atoms with van der Waals surface area (Å²) in [7, 11) is -1.15. The fourth-order valence-corrected chi connectivity index (χ4v) is 4.16. The van der Waals surface area contributed by atoms with Crippen LogP contribution in [-0.4, -0.2) is 21.8 Å². The second-order valence-corrected chi connectivity index (χ2v) is 9.10. The summed E-state index contributed by atoms with van der Waals surface area (Å²) in [5.41, 5.74) is 1.12. The quantitative estimate of drug-likeness (QED) is 0.605. The molecule has 1 aromatic carbocycles. The normalized spacial score (nSPS) is 22.3. The molecule has 2 atom stereocenters. The van der Waals surface area contributed by atoms with Gasteiger partial charge in [0, 0.05) is 6.42 Å². The molecule has 1 aliphatic heterocycles. The van der Waals surface area contributed by atoms with E-state index in [0.29, 0.717) is 6.10 Å². The minimum atomic E-state index is -1.15. The van der Waals surface area contributed by atoms with Crippen molar-refractivity contribution in [2.24, 2.45) is 5.41 Å². The number of epoxide rings is 1. The molecule has 2 unspecified atom stereocenters. The molecule has 106 valence electrons. The van der Waals surface area contributed by atoms with Gasteiger partial charge in [0.15, 0.2) is 9.04 Å². The van der Waals surface area contributed by atoms with Crippen LogP contribution in [0.3, 0.4) is 0 Å². The van der Waals surface area contributed by atoms with Crippen LogP contribution in [0, 0.1) is 5.41 Å². The van der Waals surface area contributed by atoms with Crippen molar-refractivity contribution in [1.29, 1.82) is 0 Å². The van der Waals surface area contributed by atoms with Crippen molar-refractivity contribution < 1.29 is 9.16 Å². The van der Waals surface area contributed by atoms with Gasteiger partial charge in [-0.1, -0.05) is 51.1 Å². The molecule has 0 saturated carbocycles. The zero-order chi connectivity index (χ0) is 14.1. The number of hydrogen-bond acceptors (Lipinski definition) is 2. The van der Waals surface area contributed by atoms with E-state index in [1.807, 2.05) is 0 Å². The predicted octanol–water partition coefficient (Wildman–Crippen LogP) is 3.72. The summed E-state index contributed by atoms with van der Waals surface area (Å²) in [6, 6.07) is 10.7. The molecule has 2 nitrogen and oxygen atoms in total. The molecular formula is C16H26O2Si. The van der Waals surface area contributed by atoms with Gasteiger partial charge >= 0.3 is 0 Å². The molecule has 0 radical (unpaired) electrons. The van der Waals surface area contributed by atoms with E-state index < -0.39 is 9.04 Å². The number of ether oxygens (including phenoxy) is 1. The van der Waals surface area contributed by atoms with Crippen molar-refractivity contribution in [3.8, 4) is 0 Å². The van der Waals surface area contributed by atoms with Gasteiger partial charge in [0.25, 0.3) is 0 Å². The van der Waals surface area contributed by atoms with Crippen LogP contribution < -0.4 is 0 Å². The van der Waals surface area contributed by atoms with Gasteiger partial charge in [0.1, 0.15) is 0 Å². The Bertz CT molecular complexity index is 401. The van der Waals surface area contributed by atoms with Gasteiger partial charge in [-0.05, 0) is 24.1 Å². The van der Waals surface area contributed by atoms with Crippen LogP contribution in [-0.2, 0) is 14.8 Å². The molecule has 0 bridgehead atoms. The molecule has 1 saturated heterocycles. The monoisotopic (exact) mass is 278 g/mol. The van der Waals surface area contributed by atoms with E-state index in [2.05, 4.69) is 64.2 Å². The third-order valence-corrected chi connectivity index (χ3v) is 4.68. The second-order valence-electron chi connectivity index (χ2n) is 6.77. The fourth-order valence-electron chi connectivity index (χ4n) is 2.77. The molecule has 1 aliphatic rings. The Morgan fingerprint density at radius 1 is 1.21 bits per heavy atom. The van der Waals surface area contributed by atoms with Crippen LogP contribution in [0.1, 0.15) is 32.8 Å². The lowest BCUT2D eigenvalue weighted by molar-refractivity contribution is -0.0536. The molecule has 0 aromatic heterocycles. The number of rotatable bonds is 5. The van der Waals surface area contributed by atoms with Crippen LogP contribution in [0.4, 0.5) is 0 Å². The third-order valence-electron chi connectivity index (χ3n) is 3.81. The molecule has 0 aliphatic carbocycles. The van der Waals surface area contributed by atoms with E-state index in [9.17, 15) is 0 Å². The summed E-state index contributed by atoms with van der Waals surface area (Å²) >= 11 is 0. The summed E-state index contributed by atoms with van der Waals surface area (Å²) < 4.78 is 12.1. The number of benzene rings is 1. The lowest BCUT2D eigenvalue weighted by Crippen LogP contribution is -2.46. The van der Waals surface area contributed by atoms with Crippen LogP contribution in [0.25, 0.3) is 0 Å². The minimum absolute atomic E-state index is 0.0531. The Balaban J connectivity index is 2.43. The summed E-state index contributed by atoms with van der Waals surface area (Å²) in [5, 5.41) is 0. The van der Waals surface area contributed by atoms with Crippen molar-refractivity contribution in [3.63, 3.8) is 0 Å². The maximum atomic E-state index is 6.60. The van der Waals surface area contributed by atoms with Gasteiger partial charge < -0.3 is 9.16 Å². The summed E-state index contributed by atoms with van der Waals surface area (Å²) in [6.45, 7) is 12.2. The van der Waals surface area contributed by atoms with Crippen molar-refractivity contribution in [2.45, 2.75) is 52.0 Å². The Morgan fingerprint density at radius 2 is 1.79 bits per heavy atom. The zero-order valence-electron chi connectivity index (χ0n) is 12.8. The van der Waals surface area contributed by atoms with Gasteiger partial charge in [-0.25, -0.2) is 0 Å². The minimum Gasteiger partial charge on any atom is -0.410 e. The first-order chi connectivity index (χ1) is 8.85. The first-order valence-corrected chi connectivity index (χ1v) is 9.98. The molecule has 1 aromatic rings. The average Bonchev–Trinajstić information content (AvgIpc) is 3.11.